The summed E-state index contributed by atoms with van der Waals surface area (Å²) in [5.41, 5.74) is 0.00156. The van der Waals surface area contributed by atoms with Crippen molar-refractivity contribution in [2.75, 3.05) is 24.5 Å². The van der Waals surface area contributed by atoms with Crippen LogP contribution in [0.5, 0.6) is 0 Å². The Morgan fingerprint density at radius 1 is 1.38 bits per heavy atom. The van der Waals surface area contributed by atoms with Crippen molar-refractivity contribution in [2.24, 2.45) is 5.41 Å². The van der Waals surface area contributed by atoms with Crippen LogP contribution in [0.4, 0.5) is 10.2 Å². The maximum atomic E-state index is 13.2. The lowest BCUT2D eigenvalue weighted by atomic mass is 9.91. The Morgan fingerprint density at radius 2 is 2.10 bits per heavy atom. The number of nitrogens with zero attached hydrogens (tertiary/aromatic N) is 3. The van der Waals surface area contributed by atoms with Gasteiger partial charge < -0.3 is 9.80 Å². The van der Waals surface area contributed by atoms with Gasteiger partial charge >= 0.3 is 0 Å². The average Bonchev–Trinajstić information content (AvgIpc) is 2.36. The molecule has 0 bridgehead atoms. The van der Waals surface area contributed by atoms with Gasteiger partial charge in [0.25, 0.3) is 0 Å². The zero-order valence-corrected chi connectivity index (χ0v) is 13.3. The summed E-state index contributed by atoms with van der Waals surface area (Å²) in [6.45, 7) is 10.3. The van der Waals surface area contributed by atoms with Crippen LogP contribution < -0.4 is 4.90 Å². The van der Waals surface area contributed by atoms with E-state index in [0.29, 0.717) is 31.9 Å². The monoisotopic (exact) mass is 293 g/mol. The second-order valence-electron chi connectivity index (χ2n) is 6.94. The Balaban J connectivity index is 2.01. The molecule has 0 radical (unpaired) electrons. The van der Waals surface area contributed by atoms with Crippen molar-refractivity contribution in [3.63, 3.8) is 0 Å². The lowest BCUT2D eigenvalue weighted by Crippen LogP contribution is -2.54. The minimum atomic E-state index is -0.467. The van der Waals surface area contributed by atoms with Crippen LogP contribution in [0.25, 0.3) is 0 Å². The lowest BCUT2D eigenvalue weighted by Gasteiger charge is -2.41. The summed E-state index contributed by atoms with van der Waals surface area (Å²) in [6.07, 6.45) is 0.554. The van der Waals surface area contributed by atoms with Crippen molar-refractivity contribution in [1.29, 1.82) is 0 Å². The Bertz CT molecular complexity index is 512. The number of aromatic nitrogens is 1. The van der Waals surface area contributed by atoms with E-state index < -0.39 is 5.95 Å². The average molecular weight is 293 g/mol. The maximum absolute atomic E-state index is 13.2. The molecule has 1 atom stereocenters. The van der Waals surface area contributed by atoms with E-state index >= 15 is 0 Å². The van der Waals surface area contributed by atoms with Gasteiger partial charge in [0.05, 0.1) is 0 Å². The van der Waals surface area contributed by atoms with E-state index in [1.807, 2.05) is 17.9 Å². The van der Waals surface area contributed by atoms with Crippen molar-refractivity contribution in [3.8, 4) is 0 Å². The Morgan fingerprint density at radius 3 is 2.67 bits per heavy atom. The Kier molecular flexibility index (Phi) is 4.49. The predicted octanol–water partition coefficient (Wildman–Crippen LogP) is 2.69. The number of halogens is 1. The quantitative estimate of drug-likeness (QED) is 0.787. The van der Waals surface area contributed by atoms with Gasteiger partial charge in [0.1, 0.15) is 5.82 Å². The molecule has 0 N–H and O–H groups in total. The number of hydrogen-bond donors (Lipinski definition) is 0. The molecular formula is C16H24FN3O. The van der Waals surface area contributed by atoms with Gasteiger partial charge in [-0.25, -0.2) is 4.98 Å². The highest BCUT2D eigenvalue weighted by Gasteiger charge is 2.29. The predicted molar refractivity (Wildman–Crippen MR) is 81.7 cm³/mol. The van der Waals surface area contributed by atoms with Gasteiger partial charge in [-0.15, -0.1) is 0 Å². The first-order chi connectivity index (χ1) is 9.76. The van der Waals surface area contributed by atoms with Crippen LogP contribution >= 0.6 is 0 Å². The highest BCUT2D eigenvalue weighted by atomic mass is 19.1. The third-order valence-corrected chi connectivity index (χ3v) is 3.66. The molecule has 1 saturated heterocycles. The molecule has 21 heavy (non-hydrogen) atoms. The first kappa shape index (κ1) is 15.7. The highest BCUT2D eigenvalue weighted by Crippen LogP contribution is 2.23. The second-order valence-corrected chi connectivity index (χ2v) is 6.94. The van der Waals surface area contributed by atoms with E-state index in [0.717, 1.165) is 0 Å². The summed E-state index contributed by atoms with van der Waals surface area (Å²) in [5.74, 6) is 0.373. The van der Waals surface area contributed by atoms with E-state index in [9.17, 15) is 9.18 Å². The van der Waals surface area contributed by atoms with Gasteiger partial charge in [0.15, 0.2) is 0 Å². The third kappa shape index (κ3) is 4.16. The van der Waals surface area contributed by atoms with E-state index in [4.69, 9.17) is 0 Å². The van der Waals surface area contributed by atoms with Crippen molar-refractivity contribution in [3.05, 3.63) is 24.1 Å². The van der Waals surface area contributed by atoms with Gasteiger partial charge in [0, 0.05) is 32.1 Å². The number of piperazine rings is 1. The maximum Gasteiger partial charge on any atom is 0.223 e. The molecule has 1 unspecified atom stereocenters. The van der Waals surface area contributed by atoms with Gasteiger partial charge in [-0.2, -0.15) is 4.39 Å². The summed E-state index contributed by atoms with van der Waals surface area (Å²) < 4.78 is 13.2. The largest absolute Gasteiger partial charge is 0.350 e. The summed E-state index contributed by atoms with van der Waals surface area (Å²) in [6, 6.07) is 4.96. The molecule has 0 saturated carbocycles. The number of anilines is 1. The summed E-state index contributed by atoms with van der Waals surface area (Å²) in [7, 11) is 0. The van der Waals surface area contributed by atoms with Crippen LogP contribution in [-0.4, -0.2) is 41.5 Å². The Labute approximate surface area is 126 Å². The first-order valence-electron chi connectivity index (χ1n) is 7.43. The molecule has 116 valence electrons. The van der Waals surface area contributed by atoms with Crippen LogP contribution in [0, 0.1) is 11.4 Å². The molecular weight excluding hydrogens is 269 g/mol. The molecule has 1 amide bonds. The molecule has 2 rings (SSSR count). The van der Waals surface area contributed by atoms with Gasteiger partial charge in [-0.05, 0) is 24.5 Å². The first-order valence-corrected chi connectivity index (χ1v) is 7.43. The molecule has 1 aromatic heterocycles. The third-order valence-electron chi connectivity index (χ3n) is 3.66. The smallest absolute Gasteiger partial charge is 0.223 e. The number of rotatable bonds is 2. The minimum absolute atomic E-state index is 0.00156. The molecule has 2 heterocycles. The van der Waals surface area contributed by atoms with Crippen molar-refractivity contribution in [1.82, 2.24) is 9.88 Å². The van der Waals surface area contributed by atoms with Crippen LogP contribution in [0.3, 0.4) is 0 Å². The molecule has 1 fully saturated rings. The lowest BCUT2D eigenvalue weighted by molar-refractivity contribution is -0.133. The molecule has 1 aliphatic heterocycles. The summed E-state index contributed by atoms with van der Waals surface area (Å²) in [4.78, 5) is 20.2. The number of carbonyl (C=O) groups is 1. The summed E-state index contributed by atoms with van der Waals surface area (Å²) in [5, 5.41) is 0. The zero-order valence-electron chi connectivity index (χ0n) is 13.3. The van der Waals surface area contributed by atoms with Crippen LogP contribution in [-0.2, 0) is 4.79 Å². The SMILES string of the molecule is CC1CN(C(=O)CC(C)(C)C)CCN1c1cccc(F)n1. The normalized spacial score (nSPS) is 19.8. The number of carbonyl (C=O) groups excluding carboxylic acids is 1. The fourth-order valence-electron chi connectivity index (χ4n) is 2.65. The summed E-state index contributed by atoms with van der Waals surface area (Å²) >= 11 is 0. The molecule has 0 aliphatic carbocycles. The van der Waals surface area contributed by atoms with Gasteiger partial charge in [-0.1, -0.05) is 26.8 Å². The van der Waals surface area contributed by atoms with E-state index in [1.54, 1.807) is 6.07 Å². The molecule has 1 aliphatic rings. The number of pyridine rings is 1. The topological polar surface area (TPSA) is 36.4 Å². The fraction of sp³-hybridized carbons (Fsp3) is 0.625. The molecule has 5 heteroatoms. The van der Waals surface area contributed by atoms with Crippen LogP contribution in [0.15, 0.2) is 18.2 Å². The van der Waals surface area contributed by atoms with Crippen molar-refractivity contribution < 1.29 is 9.18 Å². The molecule has 4 nitrogen and oxygen atoms in total. The number of amides is 1. The molecule has 1 aromatic rings. The van der Waals surface area contributed by atoms with Gasteiger partial charge in [-0.3, -0.25) is 4.79 Å². The molecule has 0 aromatic carbocycles. The van der Waals surface area contributed by atoms with Gasteiger partial charge in [0.2, 0.25) is 11.9 Å². The molecule has 0 spiro atoms. The zero-order chi connectivity index (χ0) is 15.6. The second kappa shape index (κ2) is 6.00. The minimum Gasteiger partial charge on any atom is -0.350 e. The van der Waals surface area contributed by atoms with Crippen LogP contribution in [0.2, 0.25) is 0 Å². The highest BCUT2D eigenvalue weighted by molar-refractivity contribution is 5.77. The van der Waals surface area contributed by atoms with E-state index in [2.05, 4.69) is 30.7 Å². The van der Waals surface area contributed by atoms with Crippen LogP contribution in [0.1, 0.15) is 34.1 Å². The number of hydrogen-bond acceptors (Lipinski definition) is 3. The standard InChI is InChI=1S/C16H24FN3O/c1-12-11-19(15(21)10-16(2,3)4)8-9-20(12)14-7-5-6-13(17)18-14/h5-7,12H,8-11H2,1-4H3. The van der Waals surface area contributed by atoms with Crippen molar-refractivity contribution >= 4 is 11.7 Å². The van der Waals surface area contributed by atoms with E-state index in [1.165, 1.54) is 6.07 Å². The van der Waals surface area contributed by atoms with E-state index in [-0.39, 0.29) is 17.4 Å². The van der Waals surface area contributed by atoms with Crippen molar-refractivity contribution in [2.45, 2.75) is 40.2 Å². The Hall–Kier alpha value is -1.65. The fourth-order valence-corrected chi connectivity index (χ4v) is 2.65.